The van der Waals surface area contributed by atoms with Crippen molar-refractivity contribution in [2.75, 3.05) is 11.6 Å². The van der Waals surface area contributed by atoms with Crippen molar-refractivity contribution >= 4 is 5.69 Å². The molecule has 1 aromatic carbocycles. The fraction of sp³-hybridized carbons (Fsp3) is 0.333. The molecule has 0 radical (unpaired) electrons. The molecule has 74 valence electrons. The number of ether oxygens (including phenoxy) is 1. The van der Waals surface area contributed by atoms with E-state index in [9.17, 15) is 0 Å². The Morgan fingerprint density at radius 2 is 2.00 bits per heavy atom. The largest absolute Gasteiger partial charge is 0.476 e. The van der Waals surface area contributed by atoms with Crippen LogP contribution < -0.4 is 4.90 Å². The van der Waals surface area contributed by atoms with Gasteiger partial charge in [-0.15, -0.1) is 0 Å². The van der Waals surface area contributed by atoms with Crippen LogP contribution in [-0.2, 0) is 4.74 Å². The van der Waals surface area contributed by atoms with E-state index in [0.29, 0.717) is 0 Å². The van der Waals surface area contributed by atoms with Crippen molar-refractivity contribution in [2.45, 2.75) is 20.8 Å². The highest BCUT2D eigenvalue weighted by Crippen LogP contribution is 2.28. The highest BCUT2D eigenvalue weighted by molar-refractivity contribution is 5.58. The molecule has 0 saturated carbocycles. The van der Waals surface area contributed by atoms with Gasteiger partial charge in [-0.1, -0.05) is 18.2 Å². The lowest BCUT2D eigenvalue weighted by Gasteiger charge is -2.19. The molecular weight excluding hydrogens is 174 g/mol. The van der Waals surface area contributed by atoms with Gasteiger partial charge in [-0.05, 0) is 32.4 Å². The van der Waals surface area contributed by atoms with E-state index in [4.69, 9.17) is 6.11 Å². The minimum Gasteiger partial charge on any atom is -0.476 e. The summed E-state index contributed by atoms with van der Waals surface area (Å²) >= 11 is 0. The van der Waals surface area contributed by atoms with Crippen molar-refractivity contribution in [1.29, 1.82) is 0 Å². The summed E-state index contributed by atoms with van der Waals surface area (Å²) in [5.41, 5.74) is 3.23. The van der Waals surface area contributed by atoms with Crippen LogP contribution in [0, 0.1) is 6.92 Å². The van der Waals surface area contributed by atoms with Crippen LogP contribution in [-0.4, -0.2) is 6.71 Å². The fourth-order valence-electron chi connectivity index (χ4n) is 1.54. The number of nitrogens with zero attached hydrogens (tertiary/aromatic N) is 1. The van der Waals surface area contributed by atoms with Gasteiger partial charge in [-0.25, -0.2) is 0 Å². The van der Waals surface area contributed by atoms with Crippen LogP contribution >= 0.6 is 0 Å². The summed E-state index contributed by atoms with van der Waals surface area (Å²) in [6.07, 6.45) is 0. The molecule has 1 aliphatic rings. The van der Waals surface area contributed by atoms with E-state index < -0.39 is 6.71 Å². The summed E-state index contributed by atoms with van der Waals surface area (Å²) in [7, 11) is 0. The number of aryl methyl sites for hydroxylation is 1. The second-order valence-corrected chi connectivity index (χ2v) is 3.52. The smallest absolute Gasteiger partial charge is 0.165 e. The molecule has 0 fully saturated rings. The average molecular weight is 190 g/mol. The molecular formula is C12H15NO. The van der Waals surface area contributed by atoms with Crippen molar-refractivity contribution < 1.29 is 6.11 Å². The molecule has 14 heavy (non-hydrogen) atoms. The first-order valence-electron chi connectivity index (χ1n) is 5.30. The molecule has 0 aliphatic carbocycles. The topological polar surface area (TPSA) is 12.5 Å². The van der Waals surface area contributed by atoms with Crippen LogP contribution in [0.25, 0.3) is 0 Å². The van der Waals surface area contributed by atoms with Gasteiger partial charge in [0.05, 0.1) is 7.07 Å². The third kappa shape index (κ3) is 1.37. The molecule has 1 atom stereocenters. The number of anilines is 1. The van der Waals surface area contributed by atoms with E-state index in [0.717, 1.165) is 22.7 Å². The quantitative estimate of drug-likeness (QED) is 0.675. The second-order valence-electron chi connectivity index (χ2n) is 3.52. The van der Waals surface area contributed by atoms with Crippen LogP contribution in [0.1, 0.15) is 20.8 Å². The van der Waals surface area contributed by atoms with E-state index in [1.807, 2.05) is 49.9 Å². The number of hydrogen-bond acceptors (Lipinski definition) is 2. The minimum atomic E-state index is -0.647. The maximum Gasteiger partial charge on any atom is 0.165 e. The number of allylic oxidation sites excluding steroid dienone is 2. The summed E-state index contributed by atoms with van der Waals surface area (Å²) in [4.78, 5) is 1.91. The highest BCUT2D eigenvalue weighted by atomic mass is 16.5. The first kappa shape index (κ1) is 7.92. The van der Waals surface area contributed by atoms with Crippen LogP contribution in [0.5, 0.6) is 0 Å². The van der Waals surface area contributed by atoms with Crippen LogP contribution in [0.3, 0.4) is 0 Å². The first-order valence-corrected chi connectivity index (χ1v) is 4.72. The van der Waals surface area contributed by atoms with Gasteiger partial charge in [-0.3, -0.25) is 0 Å². The molecule has 0 spiro atoms. The Kier molecular flexibility index (Phi) is 1.91. The van der Waals surface area contributed by atoms with Gasteiger partial charge in [0.15, 0.2) is 6.71 Å². The average Bonchev–Trinajstić information content (AvgIpc) is 2.43. The Balaban J connectivity index is 2.44. The van der Waals surface area contributed by atoms with Crippen molar-refractivity contribution in [1.82, 2.24) is 0 Å². The molecule has 1 heterocycles. The van der Waals surface area contributed by atoms with Gasteiger partial charge < -0.3 is 9.64 Å². The molecule has 2 nitrogen and oxygen atoms in total. The zero-order valence-electron chi connectivity index (χ0n) is 9.74. The van der Waals surface area contributed by atoms with Crippen molar-refractivity contribution in [3.05, 3.63) is 41.3 Å². The van der Waals surface area contributed by atoms with Gasteiger partial charge in [-0.2, -0.15) is 0 Å². The lowest BCUT2D eigenvalue weighted by atomic mass is 10.2. The summed E-state index contributed by atoms with van der Waals surface area (Å²) < 4.78 is 13.2. The highest BCUT2D eigenvalue weighted by Gasteiger charge is 2.19. The zero-order chi connectivity index (χ0) is 11.0. The number of hydrogen-bond donors (Lipinski definition) is 0. The molecule has 1 aliphatic heterocycles. The zero-order valence-corrected chi connectivity index (χ0v) is 8.74. The molecule has 0 amide bonds. The minimum absolute atomic E-state index is 0.647. The molecule has 0 bridgehead atoms. The fourth-order valence-corrected chi connectivity index (χ4v) is 1.54. The van der Waals surface area contributed by atoms with E-state index >= 15 is 0 Å². The van der Waals surface area contributed by atoms with E-state index in [1.54, 1.807) is 0 Å². The predicted molar refractivity (Wildman–Crippen MR) is 58.0 cm³/mol. The summed E-state index contributed by atoms with van der Waals surface area (Å²) in [5, 5.41) is 0. The summed E-state index contributed by atoms with van der Waals surface area (Å²) in [5.74, 6) is 0.832. The van der Waals surface area contributed by atoms with Gasteiger partial charge in [0.2, 0.25) is 0 Å². The van der Waals surface area contributed by atoms with Gasteiger partial charge in [0.25, 0.3) is 0 Å². The molecule has 2 rings (SSSR count). The number of rotatable bonds is 1. The SMILES string of the molecule is [2H]C1OC(C)=C(C)N1c1ccccc1C. The summed E-state index contributed by atoms with van der Waals surface area (Å²) in [6.45, 7) is 5.28. The Hall–Kier alpha value is -1.44. The van der Waals surface area contributed by atoms with E-state index in [-0.39, 0.29) is 0 Å². The Morgan fingerprint density at radius 1 is 1.29 bits per heavy atom. The third-order valence-electron chi connectivity index (χ3n) is 2.58. The molecule has 2 heteroatoms. The van der Waals surface area contributed by atoms with E-state index in [1.165, 1.54) is 0 Å². The standard InChI is InChI=1S/C12H15NO/c1-9-6-4-5-7-12(9)13-8-14-11(3)10(13)2/h4-7H,8H2,1-3H3/i8D. The molecule has 1 aromatic rings. The summed E-state index contributed by atoms with van der Waals surface area (Å²) in [6, 6.07) is 8.04. The van der Waals surface area contributed by atoms with Crippen LogP contribution in [0.15, 0.2) is 35.7 Å². The molecule has 1 unspecified atom stereocenters. The maximum atomic E-state index is 7.85. The van der Waals surface area contributed by atoms with Crippen molar-refractivity contribution in [3.8, 4) is 0 Å². The molecule has 0 aromatic heterocycles. The van der Waals surface area contributed by atoms with Gasteiger partial charge in [0, 0.05) is 5.69 Å². The van der Waals surface area contributed by atoms with Crippen LogP contribution in [0.2, 0.25) is 0 Å². The van der Waals surface area contributed by atoms with E-state index in [2.05, 4.69) is 0 Å². The normalized spacial score (nSPS) is 22.4. The van der Waals surface area contributed by atoms with Crippen molar-refractivity contribution in [3.63, 3.8) is 0 Å². The monoisotopic (exact) mass is 190 g/mol. The number of benzene rings is 1. The van der Waals surface area contributed by atoms with Gasteiger partial charge >= 0.3 is 0 Å². The first-order chi connectivity index (χ1) is 7.11. The molecule has 0 N–H and O–H groups in total. The van der Waals surface area contributed by atoms with Crippen LogP contribution in [0.4, 0.5) is 5.69 Å². The lowest BCUT2D eigenvalue weighted by molar-refractivity contribution is 0.247. The van der Waals surface area contributed by atoms with Gasteiger partial charge in [0.1, 0.15) is 5.76 Å². The number of para-hydroxylation sites is 1. The molecule has 0 saturated heterocycles. The lowest BCUT2D eigenvalue weighted by Crippen LogP contribution is -2.18. The Bertz CT molecular complexity index is 414. The maximum absolute atomic E-state index is 7.85. The Labute approximate surface area is 86.2 Å². The predicted octanol–water partition coefficient (Wildman–Crippen LogP) is 3.04. The third-order valence-corrected chi connectivity index (χ3v) is 2.58. The van der Waals surface area contributed by atoms with Crippen molar-refractivity contribution in [2.24, 2.45) is 0 Å². The second kappa shape index (κ2) is 3.37. The Morgan fingerprint density at radius 3 is 2.57 bits per heavy atom.